The van der Waals surface area contributed by atoms with E-state index in [2.05, 4.69) is 26.1 Å². The zero-order chi connectivity index (χ0) is 27.2. The fourth-order valence-electron chi connectivity index (χ4n) is 9.73. The van der Waals surface area contributed by atoms with E-state index in [0.29, 0.717) is 35.5 Å². The van der Waals surface area contributed by atoms with Crippen LogP contribution in [-0.2, 0) is 14.9 Å². The third-order valence-electron chi connectivity index (χ3n) is 11.8. The Hall–Kier alpha value is -0.700. The maximum absolute atomic E-state index is 12.3. The van der Waals surface area contributed by atoms with Gasteiger partial charge >= 0.3 is 0 Å². The Bertz CT molecular complexity index is 925. The van der Waals surface area contributed by atoms with E-state index in [4.69, 9.17) is 4.55 Å². The van der Waals surface area contributed by atoms with Gasteiger partial charge in [0.25, 0.3) is 10.1 Å². The van der Waals surface area contributed by atoms with Crippen LogP contribution in [0.3, 0.4) is 0 Å². The third kappa shape index (κ3) is 5.92. The molecule has 0 heterocycles. The molecule has 0 aromatic carbocycles. The standard InChI is InChI=1S/C29H51NO6S/c1-18(6-5-7-19(2)27(33)30-14-15-37(34,35)36)22-8-9-23-26-24(11-13-29(22,23)4)28(3)12-10-21(31)16-20(28)17-25(26)32/h18-26,31-32H,5-17H2,1-4H3,(H,30,33)(H,34,35,36)/t18-,19-,20+,21-,22-,23+,24+,25-,26+,28+,29-/m1/s1. The van der Waals surface area contributed by atoms with Crippen molar-refractivity contribution in [3.63, 3.8) is 0 Å². The molecule has 0 unspecified atom stereocenters. The topological polar surface area (TPSA) is 124 Å². The summed E-state index contributed by atoms with van der Waals surface area (Å²) in [5.41, 5.74) is 0.518. The average molecular weight is 542 g/mol. The molecule has 0 aromatic rings. The lowest BCUT2D eigenvalue weighted by molar-refractivity contribution is -0.174. The monoisotopic (exact) mass is 541 g/mol. The molecule has 0 bridgehead atoms. The Morgan fingerprint density at radius 1 is 0.973 bits per heavy atom. The van der Waals surface area contributed by atoms with E-state index in [1.807, 2.05) is 6.92 Å². The molecule has 1 amide bonds. The molecule has 4 saturated carbocycles. The van der Waals surface area contributed by atoms with E-state index >= 15 is 0 Å². The third-order valence-corrected chi connectivity index (χ3v) is 12.5. The van der Waals surface area contributed by atoms with Crippen LogP contribution >= 0.6 is 0 Å². The first kappa shape index (κ1) is 29.3. The molecule has 0 aliphatic heterocycles. The molecule has 4 fully saturated rings. The van der Waals surface area contributed by atoms with Crippen molar-refractivity contribution in [2.24, 2.45) is 52.3 Å². The van der Waals surface area contributed by atoms with Crippen LogP contribution < -0.4 is 5.32 Å². The first-order chi connectivity index (χ1) is 17.3. The van der Waals surface area contributed by atoms with Crippen molar-refractivity contribution in [2.45, 2.75) is 111 Å². The maximum Gasteiger partial charge on any atom is 0.266 e. The van der Waals surface area contributed by atoms with E-state index in [-0.39, 0.29) is 41.4 Å². The van der Waals surface area contributed by atoms with E-state index in [0.717, 1.165) is 44.9 Å². The lowest BCUT2D eigenvalue weighted by Crippen LogP contribution is -2.58. The molecule has 0 aromatic heterocycles. The average Bonchev–Trinajstić information content (AvgIpc) is 3.16. The van der Waals surface area contributed by atoms with Gasteiger partial charge < -0.3 is 15.5 Å². The second-order valence-corrected chi connectivity index (χ2v) is 15.4. The lowest BCUT2D eigenvalue weighted by Gasteiger charge is -2.62. The number of aliphatic hydroxyl groups excluding tert-OH is 2. The zero-order valence-electron chi connectivity index (χ0n) is 23.4. The molecule has 4 rings (SSSR count). The molecule has 0 radical (unpaired) electrons. The molecular formula is C29H51NO6S. The number of hydrogen-bond acceptors (Lipinski definition) is 5. The predicted molar refractivity (Wildman–Crippen MR) is 144 cm³/mol. The number of carbonyl (C=O) groups excluding carboxylic acids is 1. The number of amides is 1. The van der Waals surface area contributed by atoms with Gasteiger partial charge in [-0.05, 0) is 104 Å². The molecule has 0 saturated heterocycles. The van der Waals surface area contributed by atoms with Crippen LogP contribution in [0.15, 0.2) is 0 Å². The van der Waals surface area contributed by atoms with Gasteiger partial charge in [0.05, 0.1) is 18.0 Å². The Kier molecular flexibility index (Phi) is 8.75. The molecule has 0 spiro atoms. The minimum atomic E-state index is -4.06. The summed E-state index contributed by atoms with van der Waals surface area (Å²) in [6, 6.07) is 0. The van der Waals surface area contributed by atoms with Gasteiger partial charge in [-0.3, -0.25) is 9.35 Å². The molecule has 4 aliphatic rings. The number of aliphatic hydroxyl groups is 2. The summed E-state index contributed by atoms with van der Waals surface area (Å²) in [5, 5.41) is 24.3. The molecule has 4 N–H and O–H groups in total. The molecule has 37 heavy (non-hydrogen) atoms. The van der Waals surface area contributed by atoms with Gasteiger partial charge in [-0.2, -0.15) is 8.42 Å². The zero-order valence-corrected chi connectivity index (χ0v) is 24.2. The second kappa shape index (κ2) is 11.1. The van der Waals surface area contributed by atoms with Gasteiger partial charge in [-0.1, -0.05) is 40.5 Å². The normalized spacial score (nSPS) is 43.3. The summed E-state index contributed by atoms with van der Waals surface area (Å²) in [4.78, 5) is 12.3. The van der Waals surface area contributed by atoms with Crippen molar-refractivity contribution >= 4 is 16.0 Å². The summed E-state index contributed by atoms with van der Waals surface area (Å²) in [6.07, 6.45) is 10.9. The van der Waals surface area contributed by atoms with Gasteiger partial charge in [0.1, 0.15) is 0 Å². The number of carbonyl (C=O) groups is 1. The highest BCUT2D eigenvalue weighted by atomic mass is 32.2. The van der Waals surface area contributed by atoms with E-state index in [9.17, 15) is 23.4 Å². The van der Waals surface area contributed by atoms with Crippen molar-refractivity contribution < 1.29 is 28.0 Å². The van der Waals surface area contributed by atoms with Crippen LogP contribution in [0.5, 0.6) is 0 Å². The minimum Gasteiger partial charge on any atom is -0.393 e. The van der Waals surface area contributed by atoms with Gasteiger partial charge in [-0.15, -0.1) is 0 Å². The van der Waals surface area contributed by atoms with Crippen molar-refractivity contribution in [1.82, 2.24) is 5.32 Å². The van der Waals surface area contributed by atoms with Crippen LogP contribution in [-0.4, -0.2) is 53.6 Å². The summed E-state index contributed by atoms with van der Waals surface area (Å²) < 4.78 is 30.5. The summed E-state index contributed by atoms with van der Waals surface area (Å²) in [7, 11) is -4.06. The highest BCUT2D eigenvalue weighted by Crippen LogP contribution is 2.68. The van der Waals surface area contributed by atoms with E-state index < -0.39 is 15.9 Å². The summed E-state index contributed by atoms with van der Waals surface area (Å²) >= 11 is 0. The number of rotatable bonds is 9. The smallest absolute Gasteiger partial charge is 0.266 e. The first-order valence-electron chi connectivity index (χ1n) is 14.8. The molecule has 11 atom stereocenters. The fraction of sp³-hybridized carbons (Fsp3) is 0.966. The van der Waals surface area contributed by atoms with E-state index in [1.54, 1.807) is 0 Å². The number of hydrogen-bond donors (Lipinski definition) is 4. The second-order valence-electron chi connectivity index (χ2n) is 13.8. The number of fused-ring (bicyclic) bond motifs is 5. The van der Waals surface area contributed by atoms with Crippen LogP contribution in [0, 0.1) is 52.3 Å². The highest BCUT2D eigenvalue weighted by Gasteiger charge is 2.62. The van der Waals surface area contributed by atoms with E-state index in [1.165, 1.54) is 25.7 Å². The Labute approximate surface area is 224 Å². The van der Waals surface area contributed by atoms with Crippen molar-refractivity contribution in [3.8, 4) is 0 Å². The minimum absolute atomic E-state index is 0.0609. The van der Waals surface area contributed by atoms with Crippen LogP contribution in [0.1, 0.15) is 98.3 Å². The quantitative estimate of drug-likeness (QED) is 0.320. The molecular weight excluding hydrogens is 490 g/mol. The lowest BCUT2D eigenvalue weighted by atomic mass is 9.43. The van der Waals surface area contributed by atoms with Gasteiger partial charge in [0.15, 0.2) is 0 Å². The molecule has 8 heteroatoms. The number of nitrogens with one attached hydrogen (secondary N) is 1. The highest BCUT2D eigenvalue weighted by molar-refractivity contribution is 7.85. The van der Waals surface area contributed by atoms with Gasteiger partial charge in [0.2, 0.25) is 5.91 Å². The SMILES string of the molecule is C[C@H](CCC[C@@H](C)[C@H]1CC[C@H]2[C@@H]3[C@H](O)C[C@@H]4C[C@H](O)CC[C@]4(C)[C@H]3CC[C@]12C)C(=O)NCCS(=O)(=O)O. The van der Waals surface area contributed by atoms with Gasteiger partial charge in [0, 0.05) is 12.5 Å². The van der Waals surface area contributed by atoms with Crippen LogP contribution in [0.2, 0.25) is 0 Å². The first-order valence-corrected chi connectivity index (χ1v) is 16.5. The predicted octanol–water partition coefficient (Wildman–Crippen LogP) is 4.42. The van der Waals surface area contributed by atoms with Gasteiger partial charge in [-0.25, -0.2) is 0 Å². The van der Waals surface area contributed by atoms with Crippen molar-refractivity contribution in [1.29, 1.82) is 0 Å². The Morgan fingerprint density at radius 2 is 1.65 bits per heavy atom. The molecule has 7 nitrogen and oxygen atoms in total. The Morgan fingerprint density at radius 3 is 2.35 bits per heavy atom. The fourth-order valence-corrected chi connectivity index (χ4v) is 10.1. The summed E-state index contributed by atoms with van der Waals surface area (Å²) in [5.74, 6) is 2.39. The summed E-state index contributed by atoms with van der Waals surface area (Å²) in [6.45, 7) is 9.15. The molecule has 4 aliphatic carbocycles. The molecule has 214 valence electrons. The van der Waals surface area contributed by atoms with Crippen molar-refractivity contribution in [2.75, 3.05) is 12.3 Å². The largest absolute Gasteiger partial charge is 0.393 e. The van der Waals surface area contributed by atoms with Crippen molar-refractivity contribution in [3.05, 3.63) is 0 Å². The Balaban J connectivity index is 1.32. The van der Waals surface area contributed by atoms with Crippen LogP contribution in [0.25, 0.3) is 0 Å². The van der Waals surface area contributed by atoms with Crippen LogP contribution in [0.4, 0.5) is 0 Å². The maximum atomic E-state index is 12.3.